The molecule has 0 atom stereocenters. The number of alkyl halides is 1. The van der Waals surface area contributed by atoms with E-state index in [1.165, 1.54) is 12.1 Å². The fourth-order valence-electron chi connectivity index (χ4n) is 2.11. The lowest BCUT2D eigenvalue weighted by Crippen LogP contribution is -2.00. The molecule has 0 N–H and O–H groups in total. The van der Waals surface area contributed by atoms with E-state index in [9.17, 15) is 4.39 Å². The Morgan fingerprint density at radius 2 is 1.85 bits per heavy atom. The first-order valence-electron chi connectivity index (χ1n) is 5.79. The van der Waals surface area contributed by atoms with Crippen LogP contribution in [0.4, 0.5) is 4.39 Å². The summed E-state index contributed by atoms with van der Waals surface area (Å²) in [6, 6.07) is 10.1. The summed E-state index contributed by atoms with van der Waals surface area (Å²) >= 11 is 17.9. The molecule has 0 aliphatic heterocycles. The topological polar surface area (TPSA) is 17.8 Å². The van der Waals surface area contributed by atoms with Crippen LogP contribution in [0.25, 0.3) is 16.7 Å². The van der Waals surface area contributed by atoms with Crippen molar-refractivity contribution in [2.45, 2.75) is 5.88 Å². The van der Waals surface area contributed by atoms with Crippen LogP contribution in [0.3, 0.4) is 0 Å². The number of hydrogen-bond acceptors (Lipinski definition) is 1. The van der Waals surface area contributed by atoms with Gasteiger partial charge in [0, 0.05) is 6.07 Å². The van der Waals surface area contributed by atoms with Gasteiger partial charge in [-0.2, -0.15) is 0 Å². The Bertz CT molecular complexity index is 798. The molecule has 2 nitrogen and oxygen atoms in total. The van der Waals surface area contributed by atoms with Crippen LogP contribution in [-0.2, 0) is 5.88 Å². The fourth-order valence-corrected chi connectivity index (χ4v) is 2.67. The summed E-state index contributed by atoms with van der Waals surface area (Å²) in [6.07, 6.45) is 0. The molecule has 20 heavy (non-hydrogen) atoms. The molecular formula is C14H8Cl3FN2. The molecule has 0 aliphatic carbocycles. The number of benzene rings is 2. The van der Waals surface area contributed by atoms with E-state index < -0.39 is 5.82 Å². The van der Waals surface area contributed by atoms with Crippen molar-refractivity contribution in [2.75, 3.05) is 0 Å². The van der Waals surface area contributed by atoms with Crippen molar-refractivity contribution in [1.29, 1.82) is 0 Å². The SMILES string of the molecule is Fc1cc2c(cc1Cl)nc(CCl)n2-c1ccccc1Cl. The van der Waals surface area contributed by atoms with Gasteiger partial charge in [0.2, 0.25) is 0 Å². The van der Waals surface area contributed by atoms with Gasteiger partial charge in [-0.3, -0.25) is 4.57 Å². The summed E-state index contributed by atoms with van der Waals surface area (Å²) in [6.45, 7) is 0. The summed E-state index contributed by atoms with van der Waals surface area (Å²) in [7, 11) is 0. The van der Waals surface area contributed by atoms with Crippen LogP contribution in [0.5, 0.6) is 0 Å². The molecule has 0 spiro atoms. The molecule has 1 heterocycles. The van der Waals surface area contributed by atoms with Gasteiger partial charge in [-0.25, -0.2) is 9.37 Å². The van der Waals surface area contributed by atoms with E-state index >= 15 is 0 Å². The van der Waals surface area contributed by atoms with E-state index in [0.29, 0.717) is 27.6 Å². The Labute approximate surface area is 129 Å². The van der Waals surface area contributed by atoms with Crippen molar-refractivity contribution in [2.24, 2.45) is 0 Å². The predicted octanol–water partition coefficient (Wildman–Crippen LogP) is 5.21. The second-order valence-corrected chi connectivity index (χ2v) is 5.29. The standard InChI is InChI=1S/C14H8Cl3FN2/c15-7-14-19-11-5-9(17)10(18)6-13(11)20(14)12-4-2-1-3-8(12)16/h1-6H,7H2. The predicted molar refractivity (Wildman–Crippen MR) is 80.6 cm³/mol. The zero-order valence-electron chi connectivity index (χ0n) is 10.1. The highest BCUT2D eigenvalue weighted by Gasteiger charge is 2.16. The van der Waals surface area contributed by atoms with E-state index in [2.05, 4.69) is 4.98 Å². The molecule has 3 rings (SSSR count). The third-order valence-electron chi connectivity index (χ3n) is 2.98. The lowest BCUT2D eigenvalue weighted by Gasteiger charge is -2.09. The van der Waals surface area contributed by atoms with Gasteiger partial charge >= 0.3 is 0 Å². The number of fused-ring (bicyclic) bond motifs is 1. The minimum absolute atomic E-state index is 0.0300. The molecule has 3 aromatic rings. The van der Waals surface area contributed by atoms with Crippen LogP contribution in [0.2, 0.25) is 10.0 Å². The molecule has 0 amide bonds. The van der Waals surface area contributed by atoms with Gasteiger partial charge in [0.05, 0.1) is 32.6 Å². The smallest absolute Gasteiger partial charge is 0.144 e. The van der Waals surface area contributed by atoms with Gasteiger partial charge in [0.1, 0.15) is 11.6 Å². The summed E-state index contributed by atoms with van der Waals surface area (Å²) in [5, 5.41) is 0.566. The largest absolute Gasteiger partial charge is 0.294 e. The molecule has 1 aromatic heterocycles. The van der Waals surface area contributed by atoms with Gasteiger partial charge in [0.25, 0.3) is 0 Å². The van der Waals surface area contributed by atoms with Crippen LogP contribution in [0.15, 0.2) is 36.4 Å². The first-order chi connectivity index (χ1) is 9.61. The van der Waals surface area contributed by atoms with Crippen molar-refractivity contribution in [3.63, 3.8) is 0 Å². The monoisotopic (exact) mass is 328 g/mol. The Morgan fingerprint density at radius 3 is 2.55 bits per heavy atom. The van der Waals surface area contributed by atoms with Crippen molar-refractivity contribution < 1.29 is 4.39 Å². The molecule has 2 aromatic carbocycles. The van der Waals surface area contributed by atoms with Crippen LogP contribution >= 0.6 is 34.8 Å². The molecule has 102 valence electrons. The second kappa shape index (κ2) is 5.24. The van der Waals surface area contributed by atoms with Crippen molar-refractivity contribution in [3.8, 4) is 5.69 Å². The zero-order valence-corrected chi connectivity index (χ0v) is 12.3. The molecule has 0 saturated carbocycles. The fraction of sp³-hybridized carbons (Fsp3) is 0.0714. The molecule has 0 aliphatic rings. The van der Waals surface area contributed by atoms with E-state index in [0.717, 1.165) is 0 Å². The number of halogens is 4. The van der Waals surface area contributed by atoms with Crippen molar-refractivity contribution in [3.05, 3.63) is 58.1 Å². The molecule has 0 unspecified atom stereocenters. The molecular weight excluding hydrogens is 322 g/mol. The number of para-hydroxylation sites is 1. The van der Waals surface area contributed by atoms with Gasteiger partial charge < -0.3 is 0 Å². The molecule has 0 saturated heterocycles. The summed E-state index contributed by atoms with van der Waals surface area (Å²) in [4.78, 5) is 4.37. The first kappa shape index (κ1) is 13.7. The maximum atomic E-state index is 13.7. The highest BCUT2D eigenvalue weighted by Crippen LogP contribution is 2.30. The Kier molecular flexibility index (Phi) is 3.59. The zero-order chi connectivity index (χ0) is 14.3. The quantitative estimate of drug-likeness (QED) is 0.590. The highest BCUT2D eigenvalue weighted by atomic mass is 35.5. The lowest BCUT2D eigenvalue weighted by molar-refractivity contribution is 0.629. The highest BCUT2D eigenvalue weighted by molar-refractivity contribution is 6.32. The Morgan fingerprint density at radius 1 is 1.10 bits per heavy atom. The lowest BCUT2D eigenvalue weighted by atomic mass is 10.2. The van der Waals surface area contributed by atoms with Gasteiger partial charge in [-0.15, -0.1) is 11.6 Å². The van der Waals surface area contributed by atoms with Crippen LogP contribution in [-0.4, -0.2) is 9.55 Å². The molecule has 0 bridgehead atoms. The van der Waals surface area contributed by atoms with E-state index in [4.69, 9.17) is 34.8 Å². The van der Waals surface area contributed by atoms with Gasteiger partial charge in [0.15, 0.2) is 0 Å². The maximum Gasteiger partial charge on any atom is 0.144 e. The third-order valence-corrected chi connectivity index (χ3v) is 3.83. The second-order valence-electron chi connectivity index (χ2n) is 4.20. The van der Waals surface area contributed by atoms with E-state index in [1.54, 1.807) is 10.6 Å². The van der Waals surface area contributed by atoms with Gasteiger partial charge in [-0.05, 0) is 18.2 Å². The van der Waals surface area contributed by atoms with Crippen LogP contribution < -0.4 is 0 Å². The van der Waals surface area contributed by atoms with Crippen molar-refractivity contribution in [1.82, 2.24) is 9.55 Å². The Balaban J connectivity index is 2.39. The number of rotatable bonds is 2. The summed E-state index contributed by atoms with van der Waals surface area (Å²) in [5.41, 5.74) is 1.86. The summed E-state index contributed by atoms with van der Waals surface area (Å²) in [5.74, 6) is 0.254. The van der Waals surface area contributed by atoms with Crippen molar-refractivity contribution >= 4 is 45.8 Å². The molecule has 6 heteroatoms. The van der Waals surface area contributed by atoms with Crippen LogP contribution in [0, 0.1) is 5.82 Å². The number of hydrogen-bond donors (Lipinski definition) is 0. The average molecular weight is 330 g/mol. The summed E-state index contributed by atoms with van der Waals surface area (Å²) < 4.78 is 15.5. The third kappa shape index (κ3) is 2.16. The van der Waals surface area contributed by atoms with Gasteiger partial charge in [-0.1, -0.05) is 35.3 Å². The Hall–Kier alpha value is -1.29. The number of imidazole rings is 1. The average Bonchev–Trinajstić information content (AvgIpc) is 2.77. The maximum absolute atomic E-state index is 13.7. The van der Waals surface area contributed by atoms with Crippen LogP contribution in [0.1, 0.15) is 5.82 Å². The van der Waals surface area contributed by atoms with E-state index in [-0.39, 0.29) is 10.9 Å². The molecule has 0 radical (unpaired) electrons. The number of nitrogens with zero attached hydrogens (tertiary/aromatic N) is 2. The number of aromatic nitrogens is 2. The minimum atomic E-state index is -0.506. The molecule has 0 fully saturated rings. The minimum Gasteiger partial charge on any atom is -0.294 e. The first-order valence-corrected chi connectivity index (χ1v) is 7.08. The normalized spacial score (nSPS) is 11.2. The van der Waals surface area contributed by atoms with E-state index in [1.807, 2.05) is 18.2 Å².